The van der Waals surface area contributed by atoms with E-state index < -0.39 is 10.3 Å². The Balaban J connectivity index is 2.53. The summed E-state index contributed by atoms with van der Waals surface area (Å²) in [5, 5.41) is 0. The largest absolute Gasteiger partial charge is 0.355 e. The maximum Gasteiger partial charge on any atom is 0.336 e. The minimum absolute atomic E-state index is 0.250. The van der Waals surface area contributed by atoms with Gasteiger partial charge in [0.05, 0.1) is 0 Å². The Bertz CT molecular complexity index is 294. The first-order valence-electron chi connectivity index (χ1n) is 3.61. The molecule has 13 heavy (non-hydrogen) atoms. The molecule has 1 rings (SSSR count). The van der Waals surface area contributed by atoms with Gasteiger partial charge in [0, 0.05) is 26.2 Å². The van der Waals surface area contributed by atoms with Gasteiger partial charge in [-0.3, -0.25) is 4.55 Å². The fourth-order valence-electron chi connectivity index (χ4n) is 1.11. The van der Waals surface area contributed by atoms with Crippen molar-refractivity contribution in [3.63, 3.8) is 0 Å². The molecule has 0 saturated carbocycles. The molecule has 1 aliphatic rings. The standard InChI is InChI=1S/C5H10N2O3S3/c8-13(9,10)7-3-1-6(2-4-7)5(11)12/h1-4H2,(H,11,12)(H,8,9,10). The third-order valence-corrected chi connectivity index (χ3v) is 3.39. The predicted octanol–water partition coefficient (Wildman–Crippen LogP) is -0.378. The van der Waals surface area contributed by atoms with E-state index in [0.717, 1.165) is 4.31 Å². The van der Waals surface area contributed by atoms with Crippen molar-refractivity contribution in [2.45, 2.75) is 0 Å². The summed E-state index contributed by atoms with van der Waals surface area (Å²) >= 11 is 8.78. The third kappa shape index (κ3) is 3.06. The molecule has 0 aromatic carbocycles. The minimum atomic E-state index is -4.04. The summed E-state index contributed by atoms with van der Waals surface area (Å²) in [5.74, 6) is 0. The summed E-state index contributed by atoms with van der Waals surface area (Å²) in [6, 6.07) is 0. The van der Waals surface area contributed by atoms with Crippen LogP contribution in [0.25, 0.3) is 0 Å². The van der Waals surface area contributed by atoms with Gasteiger partial charge in [0.25, 0.3) is 0 Å². The highest BCUT2D eigenvalue weighted by molar-refractivity contribution is 8.10. The molecule has 1 N–H and O–H groups in total. The number of nitrogens with zero attached hydrogens (tertiary/aromatic N) is 2. The van der Waals surface area contributed by atoms with Gasteiger partial charge in [-0.15, -0.1) is 12.6 Å². The van der Waals surface area contributed by atoms with Crippen LogP contribution in [0, 0.1) is 0 Å². The van der Waals surface area contributed by atoms with Crippen LogP contribution in [-0.4, -0.2) is 52.7 Å². The number of hydrogen-bond donors (Lipinski definition) is 2. The predicted molar refractivity (Wildman–Crippen MR) is 56.3 cm³/mol. The Morgan fingerprint density at radius 3 is 2.08 bits per heavy atom. The molecule has 0 spiro atoms. The first kappa shape index (κ1) is 11.2. The van der Waals surface area contributed by atoms with Gasteiger partial charge in [-0.1, -0.05) is 12.2 Å². The molecule has 1 fully saturated rings. The smallest absolute Gasteiger partial charge is 0.336 e. The molecule has 0 bridgehead atoms. The molecule has 0 unspecified atom stereocenters. The van der Waals surface area contributed by atoms with Crippen molar-refractivity contribution in [2.24, 2.45) is 0 Å². The SMILES string of the molecule is O=S(=O)(O)N1CCN(C(=S)S)CC1. The van der Waals surface area contributed by atoms with Crippen molar-refractivity contribution >= 4 is 39.5 Å². The first-order chi connectivity index (χ1) is 5.91. The molecule has 0 aromatic heterocycles. The van der Waals surface area contributed by atoms with E-state index in [1.54, 1.807) is 4.90 Å². The lowest BCUT2D eigenvalue weighted by Crippen LogP contribution is -2.49. The van der Waals surface area contributed by atoms with E-state index in [4.69, 9.17) is 16.8 Å². The number of piperazine rings is 1. The first-order valence-corrected chi connectivity index (χ1v) is 5.87. The topological polar surface area (TPSA) is 60.9 Å². The lowest BCUT2D eigenvalue weighted by Gasteiger charge is -2.32. The molecule has 1 heterocycles. The van der Waals surface area contributed by atoms with E-state index in [0.29, 0.717) is 17.4 Å². The van der Waals surface area contributed by atoms with Crippen LogP contribution in [0.2, 0.25) is 0 Å². The van der Waals surface area contributed by atoms with Gasteiger partial charge in [-0.2, -0.15) is 12.7 Å². The normalized spacial score (nSPS) is 20.3. The summed E-state index contributed by atoms with van der Waals surface area (Å²) in [7, 11) is -4.04. The van der Waals surface area contributed by atoms with Gasteiger partial charge in [0.15, 0.2) is 0 Å². The minimum Gasteiger partial charge on any atom is -0.355 e. The molecule has 8 heteroatoms. The van der Waals surface area contributed by atoms with Crippen molar-refractivity contribution in [1.29, 1.82) is 0 Å². The summed E-state index contributed by atoms with van der Waals surface area (Å²) in [4.78, 5) is 1.78. The molecule has 0 aromatic rings. The Labute approximate surface area is 88.0 Å². The zero-order valence-electron chi connectivity index (χ0n) is 6.75. The van der Waals surface area contributed by atoms with Gasteiger partial charge in [-0.05, 0) is 0 Å². The molecule has 0 aliphatic carbocycles. The van der Waals surface area contributed by atoms with Crippen molar-refractivity contribution in [2.75, 3.05) is 26.2 Å². The Hall–Kier alpha value is 0.110. The molecule has 1 aliphatic heterocycles. The Morgan fingerprint density at radius 2 is 1.77 bits per heavy atom. The number of thiol groups is 1. The zero-order valence-corrected chi connectivity index (χ0v) is 9.28. The lowest BCUT2D eigenvalue weighted by atomic mass is 10.4. The van der Waals surface area contributed by atoms with Gasteiger partial charge >= 0.3 is 10.3 Å². The third-order valence-electron chi connectivity index (χ3n) is 1.84. The van der Waals surface area contributed by atoms with Crippen LogP contribution >= 0.6 is 24.8 Å². The van der Waals surface area contributed by atoms with Gasteiger partial charge < -0.3 is 4.90 Å². The van der Waals surface area contributed by atoms with E-state index in [-0.39, 0.29) is 13.1 Å². The van der Waals surface area contributed by atoms with Crippen LogP contribution in [0.4, 0.5) is 0 Å². The van der Waals surface area contributed by atoms with E-state index >= 15 is 0 Å². The molecule has 0 atom stereocenters. The summed E-state index contributed by atoms with van der Waals surface area (Å²) in [6.45, 7) is 1.45. The molecule has 5 nitrogen and oxygen atoms in total. The number of hydrogen-bond acceptors (Lipinski definition) is 3. The highest BCUT2D eigenvalue weighted by Gasteiger charge is 2.24. The monoisotopic (exact) mass is 242 g/mol. The van der Waals surface area contributed by atoms with Crippen molar-refractivity contribution in [3.05, 3.63) is 0 Å². The van der Waals surface area contributed by atoms with Gasteiger partial charge in [-0.25, -0.2) is 0 Å². The Morgan fingerprint density at radius 1 is 1.31 bits per heavy atom. The zero-order chi connectivity index (χ0) is 10.1. The van der Waals surface area contributed by atoms with Crippen molar-refractivity contribution in [1.82, 2.24) is 9.21 Å². The fourth-order valence-corrected chi connectivity index (χ4v) is 2.12. The van der Waals surface area contributed by atoms with E-state index in [9.17, 15) is 8.42 Å². The van der Waals surface area contributed by atoms with Crippen LogP contribution in [0.1, 0.15) is 0 Å². The number of thiocarbonyl (C=S) groups is 1. The summed E-state index contributed by atoms with van der Waals surface area (Å²) in [6.07, 6.45) is 0. The quantitative estimate of drug-likeness (QED) is 0.373. The van der Waals surface area contributed by atoms with E-state index in [1.165, 1.54) is 0 Å². The lowest BCUT2D eigenvalue weighted by molar-refractivity contribution is 0.253. The summed E-state index contributed by atoms with van der Waals surface area (Å²) < 4.78 is 31.5. The highest BCUT2D eigenvalue weighted by Crippen LogP contribution is 2.07. The molecule has 0 radical (unpaired) electrons. The fraction of sp³-hybridized carbons (Fsp3) is 0.800. The van der Waals surface area contributed by atoms with Crippen LogP contribution in [0.5, 0.6) is 0 Å². The maximum absolute atomic E-state index is 10.7. The molecular formula is C5H10N2O3S3. The van der Waals surface area contributed by atoms with Crippen molar-refractivity contribution in [3.8, 4) is 0 Å². The van der Waals surface area contributed by atoms with Gasteiger partial charge in [0.2, 0.25) is 0 Å². The molecule has 0 amide bonds. The maximum atomic E-state index is 10.7. The van der Waals surface area contributed by atoms with E-state index in [1.807, 2.05) is 0 Å². The van der Waals surface area contributed by atoms with Gasteiger partial charge in [0.1, 0.15) is 4.32 Å². The second kappa shape index (κ2) is 4.09. The Kier molecular flexibility index (Phi) is 3.52. The molecule has 1 saturated heterocycles. The summed E-state index contributed by atoms with van der Waals surface area (Å²) in [5.41, 5.74) is 0. The van der Waals surface area contributed by atoms with E-state index in [2.05, 4.69) is 12.6 Å². The molecule has 76 valence electrons. The highest BCUT2D eigenvalue weighted by atomic mass is 32.2. The average Bonchev–Trinajstić information content (AvgIpc) is 2.03. The van der Waals surface area contributed by atoms with Crippen LogP contribution in [0.3, 0.4) is 0 Å². The van der Waals surface area contributed by atoms with Crippen LogP contribution in [-0.2, 0) is 10.3 Å². The second-order valence-corrected chi connectivity index (χ2v) is 5.17. The van der Waals surface area contributed by atoms with Crippen molar-refractivity contribution < 1.29 is 13.0 Å². The average molecular weight is 242 g/mol. The number of rotatable bonds is 1. The van der Waals surface area contributed by atoms with Crippen LogP contribution < -0.4 is 0 Å². The second-order valence-electron chi connectivity index (χ2n) is 2.65. The molecular weight excluding hydrogens is 232 g/mol. The van der Waals surface area contributed by atoms with Crippen LogP contribution in [0.15, 0.2) is 0 Å².